The van der Waals surface area contributed by atoms with Crippen molar-refractivity contribution in [3.63, 3.8) is 0 Å². The van der Waals surface area contributed by atoms with E-state index in [1.807, 2.05) is 57.4 Å². The highest BCUT2D eigenvalue weighted by molar-refractivity contribution is 6.06. The molecule has 2 aliphatic rings. The normalized spacial score (nSPS) is 17.0. The van der Waals surface area contributed by atoms with Gasteiger partial charge in [-0.1, -0.05) is 12.1 Å². The van der Waals surface area contributed by atoms with Crippen LogP contribution in [-0.4, -0.2) is 97.5 Å². The molecule has 3 N–H and O–H groups in total. The Morgan fingerprint density at radius 3 is 2.83 bits per heavy atom. The third-order valence-corrected chi connectivity index (χ3v) is 8.42. The number of carbonyl (C=O) groups excluding carboxylic acids is 1. The summed E-state index contributed by atoms with van der Waals surface area (Å²) in [6.45, 7) is 8.60. The lowest BCUT2D eigenvalue weighted by molar-refractivity contribution is -0.117. The Morgan fingerprint density at radius 2 is 2.00 bits per heavy atom. The number of aromatic nitrogens is 7. The molecule has 0 saturated carbocycles. The van der Waals surface area contributed by atoms with Crippen molar-refractivity contribution >= 4 is 40.1 Å². The lowest BCUT2D eigenvalue weighted by Gasteiger charge is -2.27. The number of amides is 1. The highest BCUT2D eigenvalue weighted by Crippen LogP contribution is 2.33. The van der Waals surface area contributed by atoms with E-state index in [-0.39, 0.29) is 18.6 Å². The zero-order valence-electron chi connectivity index (χ0n) is 26.2. The first-order valence-corrected chi connectivity index (χ1v) is 15.4. The highest BCUT2D eigenvalue weighted by Gasteiger charge is 2.27. The Hall–Kier alpha value is -5.08. The molecule has 14 heteroatoms. The van der Waals surface area contributed by atoms with Gasteiger partial charge in [-0.2, -0.15) is 5.10 Å². The van der Waals surface area contributed by atoms with Crippen LogP contribution in [0.5, 0.6) is 5.88 Å². The van der Waals surface area contributed by atoms with Gasteiger partial charge >= 0.3 is 0 Å². The van der Waals surface area contributed by atoms with E-state index in [9.17, 15) is 4.79 Å². The van der Waals surface area contributed by atoms with Crippen LogP contribution in [0, 0.1) is 13.8 Å². The van der Waals surface area contributed by atoms with Gasteiger partial charge in [-0.05, 0) is 31.9 Å². The number of H-pyrrole nitrogens is 1. The van der Waals surface area contributed by atoms with Crippen LogP contribution in [0.15, 0.2) is 49.1 Å². The summed E-state index contributed by atoms with van der Waals surface area (Å²) in [4.78, 5) is 38.8. The van der Waals surface area contributed by atoms with Gasteiger partial charge in [0.15, 0.2) is 5.82 Å². The number of carbonyl (C=O) groups is 1. The van der Waals surface area contributed by atoms with Gasteiger partial charge in [0.05, 0.1) is 36.7 Å². The van der Waals surface area contributed by atoms with Crippen LogP contribution >= 0.6 is 0 Å². The van der Waals surface area contributed by atoms with Crippen molar-refractivity contribution in [2.45, 2.75) is 26.4 Å². The summed E-state index contributed by atoms with van der Waals surface area (Å²) in [5.74, 6) is 2.45. The van der Waals surface area contributed by atoms with Gasteiger partial charge in [0.2, 0.25) is 17.7 Å². The molecule has 6 heterocycles. The first-order valence-electron chi connectivity index (χ1n) is 15.4. The number of fused-ring (bicyclic) bond motifs is 1. The predicted octanol–water partition coefficient (Wildman–Crippen LogP) is 3.44. The van der Waals surface area contributed by atoms with Crippen molar-refractivity contribution in [3.8, 4) is 17.1 Å². The summed E-state index contributed by atoms with van der Waals surface area (Å²) >= 11 is 0. The largest absolute Gasteiger partial charge is 0.473 e. The SMILES string of the molecule is Cc1cnc(Nc2cc(C)n(C)n2)nc1-c1c[nH]c2c(NC(=O)CN3CC[C@H](Oc4cc(N5CCOCC5)ncn4)C3)cccc12. The standard InChI is InChI=1S/C32H37N11O3/c1-20-15-34-32(38-26-13-21(2)41(3)40-26)39-30(20)24-16-33-31-23(24)5-4-6-25(31)37-28(44)18-42-8-7-22(17-42)46-29-14-27(35-19-36-29)43-9-11-45-12-10-43/h4-6,13-16,19,22,33H,7-12,17-18H2,1-3H3,(H,37,44)(H,34,38,39,40)/t22-/m0/s1. The summed E-state index contributed by atoms with van der Waals surface area (Å²) in [6.07, 6.45) is 6.02. The molecular formula is C32H37N11O3. The van der Waals surface area contributed by atoms with E-state index in [0.717, 1.165) is 65.3 Å². The Bertz CT molecular complexity index is 1840. The van der Waals surface area contributed by atoms with Crippen LogP contribution in [0.4, 0.5) is 23.3 Å². The van der Waals surface area contributed by atoms with Crippen LogP contribution in [0.25, 0.3) is 22.2 Å². The number of aromatic amines is 1. The summed E-state index contributed by atoms with van der Waals surface area (Å²) in [5.41, 5.74) is 5.23. The molecule has 0 radical (unpaired) electrons. The van der Waals surface area contributed by atoms with Gasteiger partial charge in [-0.25, -0.2) is 19.9 Å². The fourth-order valence-electron chi connectivity index (χ4n) is 5.93. The second kappa shape index (κ2) is 12.7. The van der Waals surface area contributed by atoms with Crippen molar-refractivity contribution < 1.29 is 14.3 Å². The van der Waals surface area contributed by atoms with Crippen molar-refractivity contribution in [1.82, 2.24) is 39.6 Å². The predicted molar refractivity (Wildman–Crippen MR) is 174 cm³/mol. The van der Waals surface area contributed by atoms with Crippen LogP contribution in [0.3, 0.4) is 0 Å². The topological polar surface area (TPSA) is 151 Å². The molecule has 46 heavy (non-hydrogen) atoms. The number of para-hydroxylation sites is 1. The molecule has 1 amide bonds. The second-order valence-corrected chi connectivity index (χ2v) is 11.7. The van der Waals surface area contributed by atoms with Gasteiger partial charge in [0.1, 0.15) is 18.2 Å². The van der Waals surface area contributed by atoms with E-state index in [2.05, 4.69) is 45.5 Å². The minimum Gasteiger partial charge on any atom is -0.473 e. The third kappa shape index (κ3) is 6.34. The van der Waals surface area contributed by atoms with Crippen LogP contribution in [0.2, 0.25) is 0 Å². The lowest BCUT2D eigenvalue weighted by Crippen LogP contribution is -2.36. The summed E-state index contributed by atoms with van der Waals surface area (Å²) < 4.78 is 13.4. The number of nitrogens with one attached hydrogen (secondary N) is 3. The fourth-order valence-corrected chi connectivity index (χ4v) is 5.93. The van der Waals surface area contributed by atoms with Crippen LogP contribution < -0.4 is 20.3 Å². The lowest BCUT2D eigenvalue weighted by atomic mass is 10.1. The number of morpholine rings is 1. The van der Waals surface area contributed by atoms with E-state index < -0.39 is 0 Å². The molecule has 238 valence electrons. The van der Waals surface area contributed by atoms with Crippen molar-refractivity contribution in [3.05, 3.63) is 60.3 Å². The zero-order chi connectivity index (χ0) is 31.6. The molecule has 2 saturated heterocycles. The first kappa shape index (κ1) is 29.6. The molecule has 14 nitrogen and oxygen atoms in total. The molecule has 0 aliphatic carbocycles. The number of hydrogen-bond acceptors (Lipinski definition) is 11. The number of rotatable bonds is 9. The Labute approximate surface area is 266 Å². The molecule has 2 fully saturated rings. The van der Waals surface area contributed by atoms with E-state index >= 15 is 0 Å². The number of benzene rings is 1. The maximum Gasteiger partial charge on any atom is 0.238 e. The highest BCUT2D eigenvalue weighted by atomic mass is 16.5. The van der Waals surface area contributed by atoms with E-state index in [1.54, 1.807) is 10.9 Å². The summed E-state index contributed by atoms with van der Waals surface area (Å²) in [7, 11) is 1.89. The third-order valence-electron chi connectivity index (χ3n) is 8.42. The molecule has 1 aromatic carbocycles. The number of ether oxygens (including phenoxy) is 2. The second-order valence-electron chi connectivity index (χ2n) is 11.7. The molecule has 5 aromatic rings. The summed E-state index contributed by atoms with van der Waals surface area (Å²) in [5, 5.41) is 11.7. The first-order chi connectivity index (χ1) is 22.4. The van der Waals surface area contributed by atoms with E-state index in [1.165, 1.54) is 6.33 Å². The molecule has 7 rings (SSSR count). The van der Waals surface area contributed by atoms with Crippen LogP contribution in [0.1, 0.15) is 17.7 Å². The monoisotopic (exact) mass is 623 g/mol. The molecule has 0 bridgehead atoms. The quantitative estimate of drug-likeness (QED) is 0.222. The number of aryl methyl sites for hydroxylation is 3. The number of nitrogens with zero attached hydrogens (tertiary/aromatic N) is 8. The van der Waals surface area contributed by atoms with Crippen LogP contribution in [-0.2, 0) is 16.6 Å². The van der Waals surface area contributed by atoms with Gasteiger partial charge in [0, 0.05) is 74.4 Å². The van der Waals surface area contributed by atoms with Crippen molar-refractivity contribution in [2.75, 3.05) is 61.5 Å². The van der Waals surface area contributed by atoms with Gasteiger partial charge < -0.3 is 30.0 Å². The molecular weight excluding hydrogens is 586 g/mol. The Kier molecular flexibility index (Phi) is 8.20. The smallest absolute Gasteiger partial charge is 0.238 e. The zero-order valence-corrected chi connectivity index (χ0v) is 26.2. The fraction of sp³-hybridized carbons (Fsp3) is 0.375. The number of likely N-dealkylation sites (tertiary alicyclic amines) is 1. The minimum absolute atomic E-state index is 0.0492. The van der Waals surface area contributed by atoms with E-state index in [4.69, 9.17) is 14.5 Å². The van der Waals surface area contributed by atoms with Crippen molar-refractivity contribution in [1.29, 1.82) is 0 Å². The molecule has 2 aliphatic heterocycles. The maximum absolute atomic E-state index is 13.2. The van der Waals surface area contributed by atoms with E-state index in [0.29, 0.717) is 43.1 Å². The van der Waals surface area contributed by atoms with Gasteiger partial charge in [-0.3, -0.25) is 14.4 Å². The Morgan fingerprint density at radius 1 is 1.13 bits per heavy atom. The van der Waals surface area contributed by atoms with Gasteiger partial charge in [0.25, 0.3) is 0 Å². The molecule has 1 atom stereocenters. The van der Waals surface area contributed by atoms with Gasteiger partial charge in [-0.15, -0.1) is 0 Å². The summed E-state index contributed by atoms with van der Waals surface area (Å²) in [6, 6.07) is 9.69. The molecule has 0 spiro atoms. The maximum atomic E-state index is 13.2. The number of hydrogen-bond donors (Lipinski definition) is 3. The average molecular weight is 624 g/mol. The molecule has 0 unspecified atom stereocenters. The number of anilines is 4. The van der Waals surface area contributed by atoms with Crippen molar-refractivity contribution in [2.24, 2.45) is 7.05 Å². The average Bonchev–Trinajstić information content (AvgIpc) is 3.77. The minimum atomic E-state index is -0.0868. The molecule has 4 aromatic heterocycles. The Balaban J connectivity index is 0.991.